The largest absolute Gasteiger partial charge is 0.463 e. The monoisotopic (exact) mass is 373 g/mol. The van der Waals surface area contributed by atoms with E-state index in [1.807, 2.05) is 0 Å². The Balaban J connectivity index is 3.28. The van der Waals surface area contributed by atoms with Crippen LogP contribution in [0.2, 0.25) is 0 Å². The summed E-state index contributed by atoms with van der Waals surface area (Å²) < 4.78 is 25.5. The molecule has 0 amide bonds. The van der Waals surface area contributed by atoms with Gasteiger partial charge in [0, 0.05) is 32.6 Å². The molecule has 1 aliphatic heterocycles. The minimum atomic E-state index is -1.44. The van der Waals surface area contributed by atoms with Gasteiger partial charge in [0.15, 0.2) is 12.2 Å². The van der Waals surface area contributed by atoms with Gasteiger partial charge in [-0.05, 0) is 5.53 Å². The van der Waals surface area contributed by atoms with Crippen LogP contribution < -0.4 is 0 Å². The SMILES string of the molecule is CC(=O)OC[C@H]1OC(OC(C)=O)[C@H](N=[N+]=[N-])[C@@H](OC(C)=O)[C@H]1OC(C)=O. The molecule has 0 radical (unpaired) electrons. The maximum absolute atomic E-state index is 11.5. The third kappa shape index (κ3) is 6.22. The van der Waals surface area contributed by atoms with E-state index in [-0.39, 0.29) is 6.61 Å². The molecule has 0 aromatic rings. The van der Waals surface area contributed by atoms with Gasteiger partial charge in [0.25, 0.3) is 0 Å². The van der Waals surface area contributed by atoms with Crippen LogP contribution in [-0.2, 0) is 42.9 Å². The van der Waals surface area contributed by atoms with Crippen molar-refractivity contribution in [1.29, 1.82) is 0 Å². The molecule has 0 bridgehead atoms. The van der Waals surface area contributed by atoms with E-state index in [9.17, 15) is 19.2 Å². The second-order valence-corrected chi connectivity index (χ2v) is 5.30. The Morgan fingerprint density at radius 2 is 1.46 bits per heavy atom. The highest BCUT2D eigenvalue weighted by atomic mass is 16.7. The van der Waals surface area contributed by atoms with Crippen LogP contribution in [0.3, 0.4) is 0 Å². The average Bonchev–Trinajstić information content (AvgIpc) is 2.49. The van der Waals surface area contributed by atoms with Crippen molar-refractivity contribution in [3.05, 3.63) is 10.4 Å². The van der Waals surface area contributed by atoms with Gasteiger partial charge in [0.1, 0.15) is 18.8 Å². The van der Waals surface area contributed by atoms with Crippen LogP contribution in [0.25, 0.3) is 10.4 Å². The van der Waals surface area contributed by atoms with Crippen molar-refractivity contribution in [2.75, 3.05) is 6.61 Å². The van der Waals surface area contributed by atoms with E-state index < -0.39 is 54.5 Å². The van der Waals surface area contributed by atoms with E-state index in [1.165, 1.54) is 0 Å². The first kappa shape index (κ1) is 21.2. The molecule has 1 aliphatic rings. The van der Waals surface area contributed by atoms with Gasteiger partial charge in [0.05, 0.1) is 0 Å². The summed E-state index contributed by atoms with van der Waals surface area (Å²) >= 11 is 0. The number of azide groups is 1. The lowest BCUT2D eigenvalue weighted by Crippen LogP contribution is -2.61. The highest BCUT2D eigenvalue weighted by molar-refractivity contribution is 5.68. The molecule has 26 heavy (non-hydrogen) atoms. The fraction of sp³-hybridized carbons (Fsp3) is 0.714. The van der Waals surface area contributed by atoms with Crippen LogP contribution in [0.4, 0.5) is 0 Å². The molecular weight excluding hydrogens is 354 g/mol. The number of nitrogens with zero attached hydrogens (tertiary/aromatic N) is 3. The highest BCUT2D eigenvalue weighted by Crippen LogP contribution is 2.29. The first-order chi connectivity index (χ1) is 12.1. The Labute approximate surface area is 148 Å². The van der Waals surface area contributed by atoms with E-state index in [0.717, 1.165) is 27.7 Å². The summed E-state index contributed by atoms with van der Waals surface area (Å²) in [5.41, 5.74) is 8.78. The maximum Gasteiger partial charge on any atom is 0.304 e. The molecule has 1 fully saturated rings. The molecule has 0 aromatic heterocycles. The number of rotatable bonds is 6. The Morgan fingerprint density at radius 3 is 1.92 bits per heavy atom. The Morgan fingerprint density at radius 1 is 0.923 bits per heavy atom. The Kier molecular flexibility index (Phi) is 7.81. The molecule has 1 unspecified atom stereocenters. The van der Waals surface area contributed by atoms with Crippen molar-refractivity contribution in [3.8, 4) is 0 Å². The topological polar surface area (TPSA) is 163 Å². The third-order valence-corrected chi connectivity index (χ3v) is 3.14. The van der Waals surface area contributed by atoms with Gasteiger partial charge in [0.2, 0.25) is 6.29 Å². The first-order valence-corrected chi connectivity index (χ1v) is 7.50. The molecule has 1 saturated heterocycles. The minimum absolute atomic E-state index is 0.383. The molecule has 12 nitrogen and oxygen atoms in total. The van der Waals surface area contributed by atoms with Crippen LogP contribution in [0.1, 0.15) is 27.7 Å². The number of hydrogen-bond acceptors (Lipinski definition) is 10. The zero-order valence-electron chi connectivity index (χ0n) is 14.6. The summed E-state index contributed by atoms with van der Waals surface area (Å²) in [6, 6.07) is -1.33. The van der Waals surface area contributed by atoms with E-state index in [4.69, 9.17) is 29.2 Å². The maximum atomic E-state index is 11.5. The van der Waals surface area contributed by atoms with Gasteiger partial charge in [-0.2, -0.15) is 0 Å². The van der Waals surface area contributed by atoms with Crippen LogP contribution in [0.5, 0.6) is 0 Å². The summed E-state index contributed by atoms with van der Waals surface area (Å²) in [6.07, 6.45) is -5.18. The average molecular weight is 373 g/mol. The molecule has 0 saturated carbocycles. The molecule has 0 aliphatic carbocycles. The first-order valence-electron chi connectivity index (χ1n) is 7.50. The van der Waals surface area contributed by atoms with Gasteiger partial charge in [-0.1, -0.05) is 5.11 Å². The fourth-order valence-corrected chi connectivity index (χ4v) is 2.33. The summed E-state index contributed by atoms with van der Waals surface area (Å²) in [5, 5.41) is 3.44. The number of esters is 4. The number of hydrogen-bond donors (Lipinski definition) is 0. The molecule has 5 atom stereocenters. The summed E-state index contributed by atoms with van der Waals surface area (Å²) in [5.74, 6) is -2.90. The van der Waals surface area contributed by atoms with Gasteiger partial charge < -0.3 is 23.7 Å². The molecule has 1 rings (SSSR count). The fourth-order valence-electron chi connectivity index (χ4n) is 2.33. The number of carbonyl (C=O) groups is 4. The number of ether oxygens (including phenoxy) is 5. The lowest BCUT2D eigenvalue weighted by Gasteiger charge is -2.42. The van der Waals surface area contributed by atoms with E-state index in [0.29, 0.717) is 0 Å². The molecule has 0 N–H and O–H groups in total. The lowest BCUT2D eigenvalue weighted by atomic mass is 9.97. The van der Waals surface area contributed by atoms with Crippen LogP contribution in [0.15, 0.2) is 5.11 Å². The molecule has 144 valence electrons. The lowest BCUT2D eigenvalue weighted by molar-refractivity contribution is -0.267. The minimum Gasteiger partial charge on any atom is -0.463 e. The Hall–Kier alpha value is -2.85. The van der Waals surface area contributed by atoms with Crippen molar-refractivity contribution in [3.63, 3.8) is 0 Å². The van der Waals surface area contributed by atoms with Crippen LogP contribution >= 0.6 is 0 Å². The number of carbonyl (C=O) groups excluding carboxylic acids is 4. The zero-order valence-corrected chi connectivity index (χ0v) is 14.6. The smallest absolute Gasteiger partial charge is 0.304 e. The second-order valence-electron chi connectivity index (χ2n) is 5.30. The Bertz CT molecular complexity index is 617. The normalized spacial score (nSPS) is 27.5. The van der Waals surface area contributed by atoms with Gasteiger partial charge in [-0.15, -0.1) is 0 Å². The van der Waals surface area contributed by atoms with Crippen molar-refractivity contribution in [2.24, 2.45) is 5.11 Å². The van der Waals surface area contributed by atoms with Gasteiger partial charge >= 0.3 is 23.9 Å². The summed E-state index contributed by atoms with van der Waals surface area (Å²) in [4.78, 5) is 47.9. The molecule has 0 spiro atoms. The summed E-state index contributed by atoms with van der Waals surface area (Å²) in [6.45, 7) is 4.06. The van der Waals surface area contributed by atoms with Gasteiger partial charge in [-0.3, -0.25) is 19.2 Å². The molecule has 1 heterocycles. The predicted octanol–water partition coefficient (Wildman–Crippen LogP) is 0.380. The van der Waals surface area contributed by atoms with Crippen molar-refractivity contribution in [2.45, 2.75) is 58.3 Å². The van der Waals surface area contributed by atoms with Crippen molar-refractivity contribution >= 4 is 23.9 Å². The predicted molar refractivity (Wildman–Crippen MR) is 81.1 cm³/mol. The molecule has 0 aromatic carbocycles. The standard InChI is InChI=1S/C14H19N3O9/c1-6(18)22-5-10-12(23-7(2)19)13(24-8(3)20)11(16-17-15)14(26-10)25-9(4)21/h10-14H,5H2,1-4H3/t10-,11-,12+,13-,14?/m1/s1. The third-order valence-electron chi connectivity index (χ3n) is 3.14. The van der Waals surface area contributed by atoms with Crippen molar-refractivity contribution < 1.29 is 42.9 Å². The molecule has 12 heteroatoms. The van der Waals surface area contributed by atoms with E-state index in [1.54, 1.807) is 0 Å². The van der Waals surface area contributed by atoms with E-state index >= 15 is 0 Å². The van der Waals surface area contributed by atoms with Crippen LogP contribution in [-0.4, -0.2) is 61.1 Å². The second kappa shape index (κ2) is 9.59. The van der Waals surface area contributed by atoms with Gasteiger partial charge in [-0.25, -0.2) is 0 Å². The van der Waals surface area contributed by atoms with E-state index in [2.05, 4.69) is 10.0 Å². The van der Waals surface area contributed by atoms with Crippen molar-refractivity contribution in [1.82, 2.24) is 0 Å². The zero-order chi connectivity index (χ0) is 19.9. The quantitative estimate of drug-likeness (QED) is 0.210. The molecular formula is C14H19N3O9. The van der Waals surface area contributed by atoms with Crippen LogP contribution in [0, 0.1) is 0 Å². The summed E-state index contributed by atoms with van der Waals surface area (Å²) in [7, 11) is 0. The highest BCUT2D eigenvalue weighted by Gasteiger charge is 2.51.